The molecule has 3 aromatic rings. The predicted octanol–water partition coefficient (Wildman–Crippen LogP) is 3.13. The summed E-state index contributed by atoms with van der Waals surface area (Å²) in [4.78, 5) is 15.8. The Morgan fingerprint density at radius 1 is 1.06 bits per heavy atom. The number of fused-ring (bicyclic) bond motifs is 2. The molecule has 0 spiro atoms. The summed E-state index contributed by atoms with van der Waals surface area (Å²) in [5.74, 6) is 0.468. The van der Waals surface area contributed by atoms with Gasteiger partial charge in [-0.2, -0.15) is 0 Å². The molecule has 4 heteroatoms. The van der Waals surface area contributed by atoms with Gasteiger partial charge in [0, 0.05) is 11.4 Å². The monoisotopic (exact) mass is 228 g/mol. The lowest BCUT2D eigenvalue weighted by Crippen LogP contribution is -1.85. The normalized spacial score (nSPS) is 12.0. The van der Waals surface area contributed by atoms with Crippen LogP contribution in [-0.2, 0) is 6.42 Å². The number of hydrogen-bond donors (Lipinski definition) is 2. The molecule has 0 fully saturated rings. The summed E-state index contributed by atoms with van der Waals surface area (Å²) in [6, 6.07) is 4.15. The van der Waals surface area contributed by atoms with E-state index in [0.717, 1.165) is 28.7 Å². The molecule has 0 unspecified atom stereocenters. The summed E-state index contributed by atoms with van der Waals surface area (Å²) in [5.41, 5.74) is 5.99. The molecule has 0 saturated carbocycles. The first-order chi connectivity index (χ1) is 8.17. The Labute approximate surface area is 99.5 Å². The molecule has 88 valence electrons. The first-order valence-corrected chi connectivity index (χ1v) is 6.05. The molecule has 17 heavy (non-hydrogen) atoms. The third-order valence-corrected chi connectivity index (χ3v) is 3.10. The van der Waals surface area contributed by atoms with Crippen LogP contribution >= 0.6 is 0 Å². The Morgan fingerprint density at radius 3 is 2.35 bits per heavy atom. The molecule has 0 amide bonds. The van der Waals surface area contributed by atoms with Crippen LogP contribution in [0.5, 0.6) is 0 Å². The van der Waals surface area contributed by atoms with Crippen LogP contribution in [0.3, 0.4) is 0 Å². The van der Waals surface area contributed by atoms with Gasteiger partial charge < -0.3 is 9.97 Å². The average molecular weight is 228 g/mol. The van der Waals surface area contributed by atoms with Crippen LogP contribution in [0.4, 0.5) is 0 Å². The molecular weight excluding hydrogens is 212 g/mol. The minimum Gasteiger partial charge on any atom is -0.342 e. The summed E-state index contributed by atoms with van der Waals surface area (Å²) in [6.07, 6.45) is 0.975. The lowest BCUT2D eigenvalue weighted by atomic mass is 10.1. The number of rotatable bonds is 2. The molecule has 3 rings (SSSR count). The highest BCUT2D eigenvalue weighted by Gasteiger charge is 2.09. The SMILES string of the molecule is CCc1cc2nc3[nH]c(C(C)C)cc3nc2[nH]1. The zero-order valence-corrected chi connectivity index (χ0v) is 10.3. The van der Waals surface area contributed by atoms with Crippen molar-refractivity contribution in [2.45, 2.75) is 33.1 Å². The molecule has 0 aliphatic heterocycles. The predicted molar refractivity (Wildman–Crippen MR) is 69.2 cm³/mol. The van der Waals surface area contributed by atoms with E-state index in [1.807, 2.05) is 0 Å². The molecule has 2 N–H and O–H groups in total. The van der Waals surface area contributed by atoms with Crippen molar-refractivity contribution < 1.29 is 0 Å². The molecule has 3 heterocycles. The third kappa shape index (κ3) is 1.60. The van der Waals surface area contributed by atoms with E-state index in [1.54, 1.807) is 0 Å². The summed E-state index contributed by atoms with van der Waals surface area (Å²) in [5, 5.41) is 0. The molecule has 0 aliphatic carbocycles. The largest absolute Gasteiger partial charge is 0.342 e. The van der Waals surface area contributed by atoms with Gasteiger partial charge in [-0.1, -0.05) is 20.8 Å². The van der Waals surface area contributed by atoms with E-state index in [2.05, 4.69) is 52.8 Å². The number of aromatic amines is 2. The number of aromatic nitrogens is 4. The highest BCUT2D eigenvalue weighted by Crippen LogP contribution is 2.21. The van der Waals surface area contributed by atoms with Crippen molar-refractivity contribution in [2.24, 2.45) is 0 Å². The third-order valence-electron chi connectivity index (χ3n) is 3.10. The number of nitrogens with zero attached hydrogens (tertiary/aromatic N) is 2. The maximum Gasteiger partial charge on any atom is 0.157 e. The highest BCUT2D eigenvalue weighted by molar-refractivity contribution is 5.83. The fourth-order valence-corrected chi connectivity index (χ4v) is 2.02. The maximum atomic E-state index is 4.60. The van der Waals surface area contributed by atoms with Crippen LogP contribution in [0.2, 0.25) is 0 Å². The van der Waals surface area contributed by atoms with Gasteiger partial charge in [0.1, 0.15) is 11.0 Å². The molecule has 0 atom stereocenters. The smallest absolute Gasteiger partial charge is 0.157 e. The van der Waals surface area contributed by atoms with Gasteiger partial charge in [0.25, 0.3) is 0 Å². The molecule has 0 aliphatic rings. The standard InChI is InChI=1S/C13H16N4/c1-4-8-5-10-12(14-8)17-11-6-9(7(2)3)15-13(11)16-10/h5-7H,4H2,1-3H3,(H,14,17)(H,15,16). The molecule has 0 aromatic carbocycles. The zero-order chi connectivity index (χ0) is 12.0. The molecular formula is C13H16N4. The molecule has 0 radical (unpaired) electrons. The van der Waals surface area contributed by atoms with E-state index < -0.39 is 0 Å². The molecule has 0 saturated heterocycles. The summed E-state index contributed by atoms with van der Waals surface area (Å²) < 4.78 is 0. The van der Waals surface area contributed by atoms with Gasteiger partial charge in [-0.05, 0) is 24.5 Å². The fourth-order valence-electron chi connectivity index (χ4n) is 2.02. The number of nitrogens with one attached hydrogen (secondary N) is 2. The van der Waals surface area contributed by atoms with E-state index in [9.17, 15) is 0 Å². The molecule has 3 aromatic heterocycles. The zero-order valence-electron chi connectivity index (χ0n) is 10.3. The van der Waals surface area contributed by atoms with Gasteiger partial charge in [-0.3, -0.25) is 0 Å². The Morgan fingerprint density at radius 2 is 1.71 bits per heavy atom. The average Bonchev–Trinajstić information content (AvgIpc) is 2.87. The van der Waals surface area contributed by atoms with Gasteiger partial charge >= 0.3 is 0 Å². The lowest BCUT2D eigenvalue weighted by molar-refractivity contribution is 0.835. The number of hydrogen-bond acceptors (Lipinski definition) is 2. The van der Waals surface area contributed by atoms with Crippen molar-refractivity contribution in [3.63, 3.8) is 0 Å². The van der Waals surface area contributed by atoms with Crippen molar-refractivity contribution in [1.29, 1.82) is 0 Å². The van der Waals surface area contributed by atoms with Gasteiger partial charge in [0.2, 0.25) is 0 Å². The van der Waals surface area contributed by atoms with Crippen molar-refractivity contribution in [3.8, 4) is 0 Å². The van der Waals surface area contributed by atoms with Crippen LogP contribution in [0, 0.1) is 0 Å². The second-order valence-electron chi connectivity index (χ2n) is 4.72. The van der Waals surface area contributed by atoms with Crippen LogP contribution in [0.25, 0.3) is 22.3 Å². The maximum absolute atomic E-state index is 4.60. The Bertz CT molecular complexity index is 624. The van der Waals surface area contributed by atoms with Crippen molar-refractivity contribution in [2.75, 3.05) is 0 Å². The second kappa shape index (κ2) is 3.58. The van der Waals surface area contributed by atoms with Crippen LogP contribution in [-0.4, -0.2) is 19.9 Å². The van der Waals surface area contributed by atoms with Gasteiger partial charge in [-0.15, -0.1) is 0 Å². The minimum atomic E-state index is 0.468. The quantitative estimate of drug-likeness (QED) is 0.708. The lowest BCUT2D eigenvalue weighted by Gasteiger charge is -1.97. The second-order valence-corrected chi connectivity index (χ2v) is 4.72. The summed E-state index contributed by atoms with van der Waals surface area (Å²) in [6.45, 7) is 6.44. The van der Waals surface area contributed by atoms with E-state index >= 15 is 0 Å². The van der Waals surface area contributed by atoms with Crippen LogP contribution < -0.4 is 0 Å². The minimum absolute atomic E-state index is 0.468. The topological polar surface area (TPSA) is 57.4 Å². The van der Waals surface area contributed by atoms with E-state index in [4.69, 9.17) is 0 Å². The van der Waals surface area contributed by atoms with Gasteiger partial charge in [0.15, 0.2) is 11.3 Å². The first kappa shape index (κ1) is 10.3. The number of H-pyrrole nitrogens is 2. The number of aryl methyl sites for hydroxylation is 1. The van der Waals surface area contributed by atoms with Crippen molar-refractivity contribution in [3.05, 3.63) is 23.5 Å². The van der Waals surface area contributed by atoms with E-state index in [0.29, 0.717) is 5.92 Å². The van der Waals surface area contributed by atoms with Crippen LogP contribution in [0.1, 0.15) is 38.1 Å². The van der Waals surface area contributed by atoms with Gasteiger partial charge in [-0.25, -0.2) is 9.97 Å². The Hall–Kier alpha value is -1.84. The van der Waals surface area contributed by atoms with Crippen LogP contribution in [0.15, 0.2) is 12.1 Å². The van der Waals surface area contributed by atoms with E-state index in [1.165, 1.54) is 11.4 Å². The highest BCUT2D eigenvalue weighted by atomic mass is 15.0. The first-order valence-electron chi connectivity index (χ1n) is 6.05. The van der Waals surface area contributed by atoms with Crippen molar-refractivity contribution in [1.82, 2.24) is 19.9 Å². The fraction of sp³-hybridized carbons (Fsp3) is 0.385. The molecule has 4 nitrogen and oxygen atoms in total. The summed E-state index contributed by atoms with van der Waals surface area (Å²) in [7, 11) is 0. The van der Waals surface area contributed by atoms with Crippen molar-refractivity contribution >= 4 is 22.3 Å². The molecule has 0 bridgehead atoms. The van der Waals surface area contributed by atoms with E-state index in [-0.39, 0.29) is 0 Å². The van der Waals surface area contributed by atoms with Gasteiger partial charge in [0.05, 0.1) is 0 Å². The Kier molecular flexibility index (Phi) is 2.18. The summed E-state index contributed by atoms with van der Waals surface area (Å²) >= 11 is 0. The Balaban J connectivity index is 2.24.